The maximum Gasteiger partial charge on any atom is 0.302 e. The Hall–Kier alpha value is -2.17. The van der Waals surface area contributed by atoms with Gasteiger partial charge in [-0.25, -0.2) is 9.98 Å². The van der Waals surface area contributed by atoms with Crippen LogP contribution in [0.4, 0.5) is 5.82 Å². The molecule has 2 atom stereocenters. The summed E-state index contributed by atoms with van der Waals surface area (Å²) in [7, 11) is 3.09. The van der Waals surface area contributed by atoms with E-state index in [9.17, 15) is 9.90 Å². The monoisotopic (exact) mass is 341 g/mol. The lowest BCUT2D eigenvalue weighted by Crippen LogP contribution is -2.30. The van der Waals surface area contributed by atoms with Crippen LogP contribution in [0, 0.1) is 5.92 Å². The van der Waals surface area contributed by atoms with Gasteiger partial charge in [-0.15, -0.1) is 0 Å². The molecular weight excluding hydrogens is 318 g/mol. The fraction of sp³-hybridized carbons (Fsp3) is 0.643. The summed E-state index contributed by atoms with van der Waals surface area (Å²) in [6.07, 6.45) is 0.569. The fourth-order valence-corrected chi connectivity index (χ4v) is 2.48. The van der Waals surface area contributed by atoms with Crippen molar-refractivity contribution in [3.63, 3.8) is 0 Å². The number of ether oxygens (including phenoxy) is 3. The van der Waals surface area contributed by atoms with Crippen molar-refractivity contribution < 1.29 is 24.1 Å². The summed E-state index contributed by atoms with van der Waals surface area (Å²) in [4.78, 5) is 19.1. The van der Waals surface area contributed by atoms with Crippen molar-refractivity contribution >= 4 is 17.7 Å². The van der Waals surface area contributed by atoms with Crippen molar-refractivity contribution in [2.24, 2.45) is 16.6 Å². The van der Waals surface area contributed by atoms with E-state index in [1.807, 2.05) is 0 Å². The number of aromatic nitrogens is 2. The van der Waals surface area contributed by atoms with Gasteiger partial charge in [0, 0.05) is 40.0 Å². The third-order valence-electron chi connectivity index (χ3n) is 3.65. The van der Waals surface area contributed by atoms with Crippen LogP contribution >= 0.6 is 0 Å². The topological polar surface area (TPSA) is 133 Å². The summed E-state index contributed by atoms with van der Waals surface area (Å²) < 4.78 is 17.4. The van der Waals surface area contributed by atoms with E-state index >= 15 is 0 Å². The number of aliphatic imine (C=N–C) groups is 1. The Morgan fingerprint density at radius 2 is 2.21 bits per heavy atom. The fourth-order valence-electron chi connectivity index (χ4n) is 2.48. The number of carbonyl (C=O) groups is 1. The number of aliphatic hydroxyl groups excluding tert-OH is 1. The first kappa shape index (κ1) is 18.2. The van der Waals surface area contributed by atoms with Crippen molar-refractivity contribution in [3.05, 3.63) is 12.0 Å². The van der Waals surface area contributed by atoms with Gasteiger partial charge in [-0.05, 0) is 0 Å². The number of fused-ring (bicyclic) bond motifs is 1. The zero-order valence-corrected chi connectivity index (χ0v) is 13.9. The summed E-state index contributed by atoms with van der Waals surface area (Å²) in [5.41, 5.74) is 6.04. The molecule has 0 aliphatic carbocycles. The number of nitrogens with one attached hydrogen (secondary N) is 1. The standard InChI is InChI=1S/C14H23N5O5/c1-8(20)24-6-9(4-10(22-2)23-3)5-19-7-16-11-12(19)17-14(15)18-13(11)21/h7,9-10,13,21H,4-6H2,1-3H3,(H3,15,17,18)/t9-,13?/m1/s1. The summed E-state index contributed by atoms with van der Waals surface area (Å²) in [5, 5.41) is 12.8. The summed E-state index contributed by atoms with van der Waals surface area (Å²) in [6.45, 7) is 2.03. The van der Waals surface area contributed by atoms with Crippen LogP contribution in [0.5, 0.6) is 0 Å². The highest BCUT2D eigenvalue weighted by Crippen LogP contribution is 2.27. The molecule has 1 aromatic heterocycles. The first-order valence-electron chi connectivity index (χ1n) is 7.47. The van der Waals surface area contributed by atoms with Crippen molar-refractivity contribution in [3.8, 4) is 0 Å². The number of rotatable bonds is 8. The Morgan fingerprint density at radius 3 is 2.83 bits per heavy atom. The molecule has 0 saturated carbocycles. The van der Waals surface area contributed by atoms with Gasteiger partial charge in [0.25, 0.3) is 0 Å². The molecular formula is C14H23N5O5. The number of esters is 1. The number of methoxy groups -OCH3 is 2. The van der Waals surface area contributed by atoms with E-state index in [-0.39, 0.29) is 24.5 Å². The van der Waals surface area contributed by atoms with Crippen LogP contribution in [0.1, 0.15) is 25.3 Å². The van der Waals surface area contributed by atoms with Gasteiger partial charge in [0.15, 0.2) is 18.5 Å². The minimum absolute atomic E-state index is 0.0869. The molecule has 0 aromatic carbocycles. The molecule has 24 heavy (non-hydrogen) atoms. The number of carbonyl (C=O) groups excluding carboxylic acids is 1. The lowest BCUT2D eigenvalue weighted by molar-refractivity contribution is -0.146. The third kappa shape index (κ3) is 4.43. The van der Waals surface area contributed by atoms with Gasteiger partial charge in [-0.3, -0.25) is 4.79 Å². The normalized spacial score (nSPS) is 17.9. The molecule has 0 fully saturated rings. The van der Waals surface area contributed by atoms with E-state index in [1.165, 1.54) is 6.92 Å². The number of nitrogens with two attached hydrogens (primary N) is 1. The number of imidazole rings is 1. The molecule has 0 saturated heterocycles. The summed E-state index contributed by atoms with van der Waals surface area (Å²) >= 11 is 0. The highest BCUT2D eigenvalue weighted by atomic mass is 16.7. The van der Waals surface area contributed by atoms with Crippen LogP contribution in [0.25, 0.3) is 0 Å². The predicted molar refractivity (Wildman–Crippen MR) is 85.0 cm³/mol. The van der Waals surface area contributed by atoms with Gasteiger partial charge in [0.2, 0.25) is 0 Å². The Morgan fingerprint density at radius 1 is 1.50 bits per heavy atom. The van der Waals surface area contributed by atoms with Crippen molar-refractivity contribution in [1.82, 2.24) is 9.55 Å². The van der Waals surface area contributed by atoms with Gasteiger partial charge in [0.05, 0.1) is 12.9 Å². The second-order valence-corrected chi connectivity index (χ2v) is 5.45. The van der Waals surface area contributed by atoms with E-state index in [4.69, 9.17) is 19.9 Å². The second-order valence-electron chi connectivity index (χ2n) is 5.45. The van der Waals surface area contributed by atoms with Crippen LogP contribution < -0.4 is 11.1 Å². The summed E-state index contributed by atoms with van der Waals surface area (Å²) in [5.74, 6) is 0.231. The Bertz CT molecular complexity index is 598. The molecule has 0 bridgehead atoms. The zero-order valence-electron chi connectivity index (χ0n) is 13.9. The number of anilines is 1. The first-order chi connectivity index (χ1) is 11.4. The van der Waals surface area contributed by atoms with E-state index in [1.54, 1.807) is 25.1 Å². The van der Waals surface area contributed by atoms with E-state index in [0.717, 1.165) is 0 Å². The molecule has 134 valence electrons. The summed E-state index contributed by atoms with van der Waals surface area (Å²) in [6, 6.07) is 0. The van der Waals surface area contributed by atoms with Crippen LogP contribution in [-0.2, 0) is 25.5 Å². The Balaban J connectivity index is 2.13. The van der Waals surface area contributed by atoms with Crippen LogP contribution in [0.3, 0.4) is 0 Å². The molecule has 1 aliphatic heterocycles. The van der Waals surface area contributed by atoms with Crippen molar-refractivity contribution in [2.45, 2.75) is 32.4 Å². The highest BCUT2D eigenvalue weighted by Gasteiger charge is 2.26. The lowest BCUT2D eigenvalue weighted by Gasteiger charge is -2.24. The number of nitrogens with zero attached hydrogens (tertiary/aromatic N) is 3. The Labute approximate surface area is 139 Å². The van der Waals surface area contributed by atoms with Gasteiger partial charge < -0.3 is 34.9 Å². The molecule has 2 heterocycles. The largest absolute Gasteiger partial charge is 0.466 e. The molecule has 10 heteroatoms. The van der Waals surface area contributed by atoms with Crippen molar-refractivity contribution in [1.29, 1.82) is 0 Å². The minimum atomic E-state index is -1.10. The quantitative estimate of drug-likeness (QED) is 0.437. The van der Waals surface area contributed by atoms with Gasteiger partial charge in [-0.1, -0.05) is 0 Å². The van der Waals surface area contributed by atoms with E-state index in [2.05, 4.69) is 15.3 Å². The number of guanidine groups is 1. The maximum absolute atomic E-state index is 11.1. The SMILES string of the molecule is COC(C[C@@H](COC(C)=O)Cn1cnc2c1NC(N)=NC2O)OC. The van der Waals surface area contributed by atoms with Crippen LogP contribution in [0.2, 0.25) is 0 Å². The molecule has 4 N–H and O–H groups in total. The lowest BCUT2D eigenvalue weighted by atomic mass is 10.1. The zero-order chi connectivity index (χ0) is 17.7. The predicted octanol–water partition coefficient (Wildman–Crippen LogP) is -0.197. The smallest absolute Gasteiger partial charge is 0.302 e. The molecule has 10 nitrogen and oxygen atoms in total. The van der Waals surface area contributed by atoms with Crippen LogP contribution in [-0.4, -0.2) is 53.7 Å². The molecule has 0 spiro atoms. The minimum Gasteiger partial charge on any atom is -0.466 e. The number of hydrogen-bond acceptors (Lipinski definition) is 9. The van der Waals surface area contributed by atoms with E-state index < -0.39 is 12.5 Å². The Kier molecular flexibility index (Phi) is 6.12. The molecule has 2 rings (SSSR count). The highest BCUT2D eigenvalue weighted by molar-refractivity contribution is 5.93. The van der Waals surface area contributed by atoms with E-state index in [0.29, 0.717) is 24.5 Å². The number of hydrogen-bond donors (Lipinski definition) is 3. The second kappa shape index (κ2) is 8.08. The third-order valence-corrected chi connectivity index (χ3v) is 3.65. The average molecular weight is 341 g/mol. The molecule has 0 radical (unpaired) electrons. The molecule has 1 aliphatic rings. The molecule has 1 aromatic rings. The first-order valence-corrected chi connectivity index (χ1v) is 7.47. The van der Waals surface area contributed by atoms with Crippen LogP contribution in [0.15, 0.2) is 11.3 Å². The van der Waals surface area contributed by atoms with Gasteiger partial charge in [0.1, 0.15) is 11.5 Å². The van der Waals surface area contributed by atoms with Gasteiger partial charge >= 0.3 is 5.97 Å². The maximum atomic E-state index is 11.1. The average Bonchev–Trinajstić information content (AvgIpc) is 2.92. The number of aliphatic hydroxyl groups is 1. The molecule has 1 unspecified atom stereocenters. The van der Waals surface area contributed by atoms with Gasteiger partial charge in [-0.2, -0.15) is 0 Å². The van der Waals surface area contributed by atoms with Crippen molar-refractivity contribution in [2.75, 3.05) is 26.1 Å². The molecule has 0 amide bonds.